The normalized spacial score (nSPS) is 20.2. The third-order valence-electron chi connectivity index (χ3n) is 7.52. The van der Waals surface area contributed by atoms with E-state index in [0.29, 0.717) is 13.1 Å². The number of nitrogens with one attached hydrogen (secondary N) is 2. The molecule has 6 nitrogen and oxygen atoms in total. The lowest BCUT2D eigenvalue weighted by Gasteiger charge is -2.25. The topological polar surface area (TPSA) is 80.8 Å². The number of aromatic amines is 1. The van der Waals surface area contributed by atoms with Gasteiger partial charge in [-0.25, -0.2) is 0 Å². The fourth-order valence-electron chi connectivity index (χ4n) is 5.29. The molecule has 39 heavy (non-hydrogen) atoms. The van der Waals surface area contributed by atoms with Crippen molar-refractivity contribution in [2.75, 3.05) is 19.7 Å². The van der Waals surface area contributed by atoms with Gasteiger partial charge in [0.25, 0.3) is 0 Å². The van der Waals surface area contributed by atoms with Crippen LogP contribution in [0.2, 0.25) is 0 Å². The number of aryl methyl sites for hydroxylation is 1. The molecule has 3 aromatic carbocycles. The second-order valence-corrected chi connectivity index (χ2v) is 10.4. The number of aliphatic hydroxyl groups excluding tert-OH is 2. The van der Waals surface area contributed by atoms with Crippen LogP contribution in [0.4, 0.5) is 0 Å². The van der Waals surface area contributed by atoms with Crippen molar-refractivity contribution in [1.82, 2.24) is 15.4 Å². The van der Waals surface area contributed by atoms with Gasteiger partial charge < -0.3 is 20.5 Å². The summed E-state index contributed by atoms with van der Waals surface area (Å²) in [5.74, 6) is 6.26. The molecule has 6 heteroatoms. The fraction of sp³-hybridized carbons (Fsp3) is 0.333. The maximum absolute atomic E-state index is 10.4. The molecule has 0 spiro atoms. The maximum Gasteiger partial charge on any atom is 0.111 e. The predicted octanol–water partition coefficient (Wildman–Crippen LogP) is 4.18. The van der Waals surface area contributed by atoms with Crippen LogP contribution in [0, 0.1) is 24.7 Å². The fourth-order valence-corrected chi connectivity index (χ4v) is 5.29. The summed E-state index contributed by atoms with van der Waals surface area (Å²) >= 11 is 0. The van der Waals surface area contributed by atoms with E-state index in [9.17, 15) is 10.2 Å². The first-order valence-corrected chi connectivity index (χ1v) is 13.7. The minimum absolute atomic E-state index is 0.0472. The van der Waals surface area contributed by atoms with Crippen molar-refractivity contribution in [2.45, 2.75) is 45.1 Å². The number of aliphatic hydroxyl groups is 2. The molecule has 0 bridgehead atoms. The number of benzene rings is 3. The molecule has 4 atom stereocenters. The molecule has 0 radical (unpaired) electrons. The Labute approximate surface area is 230 Å². The van der Waals surface area contributed by atoms with E-state index < -0.39 is 12.2 Å². The van der Waals surface area contributed by atoms with Gasteiger partial charge in [0.15, 0.2) is 0 Å². The number of nitrogens with zero attached hydrogens (tertiary/aromatic N) is 1. The van der Waals surface area contributed by atoms with E-state index in [2.05, 4.69) is 77.7 Å². The highest BCUT2D eigenvalue weighted by Gasteiger charge is 2.44. The SMILES string of the molecule is Cc1ccc(C#Cc2ccc(CN3O[C@@H]([C@H](C)O)[C@@H](CO)[C@H]3CNCCc3c[nH]c4ccccc34)cc2)cc1. The number of hydrogen-bond donors (Lipinski definition) is 4. The molecule has 4 N–H and O–H groups in total. The molecular formula is C33H37N3O3. The molecule has 0 amide bonds. The quantitative estimate of drug-likeness (QED) is 0.196. The Morgan fingerprint density at radius 3 is 2.38 bits per heavy atom. The average Bonchev–Trinajstić information content (AvgIpc) is 3.52. The number of hydroxylamine groups is 2. The van der Waals surface area contributed by atoms with Crippen molar-refractivity contribution in [3.05, 3.63) is 107 Å². The highest BCUT2D eigenvalue weighted by molar-refractivity contribution is 5.83. The van der Waals surface area contributed by atoms with Crippen molar-refractivity contribution in [2.24, 2.45) is 5.92 Å². The van der Waals surface area contributed by atoms with E-state index in [1.807, 2.05) is 35.4 Å². The zero-order valence-electron chi connectivity index (χ0n) is 22.6. The van der Waals surface area contributed by atoms with Gasteiger partial charge in [0.05, 0.1) is 18.8 Å². The summed E-state index contributed by atoms with van der Waals surface area (Å²) in [4.78, 5) is 9.53. The monoisotopic (exact) mass is 523 g/mol. The van der Waals surface area contributed by atoms with Gasteiger partial charge in [0.2, 0.25) is 0 Å². The van der Waals surface area contributed by atoms with Crippen LogP contribution in [0.25, 0.3) is 10.9 Å². The van der Waals surface area contributed by atoms with E-state index in [-0.39, 0.29) is 18.6 Å². The molecule has 5 rings (SSSR count). The van der Waals surface area contributed by atoms with Gasteiger partial charge in [-0.3, -0.25) is 4.84 Å². The Hall–Kier alpha value is -3.44. The van der Waals surface area contributed by atoms with Crippen LogP contribution >= 0.6 is 0 Å². The summed E-state index contributed by atoms with van der Waals surface area (Å²) in [5, 5.41) is 27.3. The summed E-state index contributed by atoms with van der Waals surface area (Å²) in [5.41, 5.74) is 6.68. The maximum atomic E-state index is 10.4. The number of rotatable bonds is 9. The Kier molecular flexibility index (Phi) is 8.77. The van der Waals surface area contributed by atoms with Gasteiger partial charge in [-0.1, -0.05) is 59.9 Å². The number of H-pyrrole nitrogens is 1. The van der Waals surface area contributed by atoms with Gasteiger partial charge in [-0.15, -0.1) is 0 Å². The van der Waals surface area contributed by atoms with Crippen LogP contribution in [-0.2, 0) is 17.8 Å². The average molecular weight is 524 g/mol. The zero-order chi connectivity index (χ0) is 27.2. The minimum atomic E-state index is -0.680. The summed E-state index contributed by atoms with van der Waals surface area (Å²) < 4.78 is 0. The van der Waals surface area contributed by atoms with Gasteiger partial charge in [0.1, 0.15) is 6.10 Å². The van der Waals surface area contributed by atoms with E-state index in [4.69, 9.17) is 4.84 Å². The molecular weight excluding hydrogens is 486 g/mol. The molecule has 0 aliphatic carbocycles. The molecule has 0 unspecified atom stereocenters. The number of fused-ring (bicyclic) bond motifs is 1. The lowest BCUT2D eigenvalue weighted by atomic mass is 9.92. The van der Waals surface area contributed by atoms with Gasteiger partial charge in [0, 0.05) is 47.2 Å². The highest BCUT2D eigenvalue weighted by atomic mass is 16.7. The third-order valence-corrected chi connectivity index (χ3v) is 7.52. The highest BCUT2D eigenvalue weighted by Crippen LogP contribution is 2.31. The molecule has 202 valence electrons. The van der Waals surface area contributed by atoms with Gasteiger partial charge >= 0.3 is 0 Å². The molecule has 4 aromatic rings. The van der Waals surface area contributed by atoms with E-state index >= 15 is 0 Å². The largest absolute Gasteiger partial charge is 0.396 e. The minimum Gasteiger partial charge on any atom is -0.396 e. The number of hydrogen-bond acceptors (Lipinski definition) is 5. The van der Waals surface area contributed by atoms with E-state index in [0.717, 1.165) is 35.2 Å². The Balaban J connectivity index is 1.22. The van der Waals surface area contributed by atoms with Crippen molar-refractivity contribution in [3.8, 4) is 11.8 Å². The molecule has 1 aliphatic rings. The van der Waals surface area contributed by atoms with Crippen LogP contribution in [0.15, 0.2) is 79.0 Å². The van der Waals surface area contributed by atoms with Crippen molar-refractivity contribution >= 4 is 10.9 Å². The smallest absolute Gasteiger partial charge is 0.111 e. The van der Waals surface area contributed by atoms with Crippen LogP contribution in [0.1, 0.15) is 34.7 Å². The zero-order valence-corrected chi connectivity index (χ0v) is 22.6. The van der Waals surface area contributed by atoms with Crippen LogP contribution in [0.3, 0.4) is 0 Å². The summed E-state index contributed by atoms with van der Waals surface area (Å²) in [7, 11) is 0. The van der Waals surface area contributed by atoms with E-state index in [1.54, 1.807) is 6.92 Å². The van der Waals surface area contributed by atoms with Crippen molar-refractivity contribution < 1.29 is 15.1 Å². The van der Waals surface area contributed by atoms with Crippen LogP contribution in [-0.4, -0.2) is 58.2 Å². The first kappa shape index (κ1) is 27.1. The lowest BCUT2D eigenvalue weighted by Crippen LogP contribution is -2.43. The molecule has 1 saturated heterocycles. The van der Waals surface area contributed by atoms with Crippen LogP contribution in [0.5, 0.6) is 0 Å². The molecule has 1 fully saturated rings. The summed E-state index contributed by atoms with van der Waals surface area (Å²) in [6, 6.07) is 24.6. The first-order chi connectivity index (χ1) is 19.0. The van der Waals surface area contributed by atoms with Crippen LogP contribution < -0.4 is 5.32 Å². The van der Waals surface area contributed by atoms with E-state index in [1.165, 1.54) is 16.5 Å². The number of aromatic nitrogens is 1. The Morgan fingerprint density at radius 1 is 1.00 bits per heavy atom. The molecule has 1 aromatic heterocycles. The Morgan fingerprint density at radius 2 is 1.69 bits per heavy atom. The standard InChI is InChI=1S/C33H37N3O3/c1-23-7-9-25(10-8-23)11-12-26-13-15-27(16-14-26)21-36-32(30(22-37)33(39-36)24(2)38)20-34-18-17-28-19-35-31-6-4-3-5-29(28)31/h3-10,13-16,19,24,30,32-35,37-38H,17-18,20-22H2,1-2H3/t24-,30-,32+,33-/m0/s1. The number of para-hydroxylation sites is 1. The van der Waals surface area contributed by atoms with Crippen molar-refractivity contribution in [1.29, 1.82) is 0 Å². The Bertz CT molecular complexity index is 1420. The molecule has 0 saturated carbocycles. The molecule has 2 heterocycles. The summed E-state index contributed by atoms with van der Waals surface area (Å²) in [6.45, 7) is 5.75. The van der Waals surface area contributed by atoms with Gasteiger partial charge in [-0.05, 0) is 68.3 Å². The predicted molar refractivity (Wildman–Crippen MR) is 155 cm³/mol. The third kappa shape index (κ3) is 6.59. The molecule has 1 aliphatic heterocycles. The second kappa shape index (κ2) is 12.6. The summed E-state index contributed by atoms with van der Waals surface area (Å²) in [6.07, 6.45) is 1.84. The van der Waals surface area contributed by atoms with Gasteiger partial charge in [-0.2, -0.15) is 5.06 Å². The lowest BCUT2D eigenvalue weighted by molar-refractivity contribution is -0.189. The first-order valence-electron chi connectivity index (χ1n) is 13.7. The van der Waals surface area contributed by atoms with Crippen molar-refractivity contribution in [3.63, 3.8) is 0 Å². The second-order valence-electron chi connectivity index (χ2n) is 10.4.